The Morgan fingerprint density at radius 2 is 0.984 bits per heavy atom. The van der Waals surface area contributed by atoms with Crippen LogP contribution in [0.25, 0.3) is 88.9 Å². The molecule has 6 heterocycles. The first-order valence-electron chi connectivity index (χ1n) is 20.9. The molecular formula is C54H43CoN3O3S. The molecule has 1 saturated heterocycles. The van der Waals surface area contributed by atoms with Crippen molar-refractivity contribution in [2.45, 2.75) is 31.6 Å². The van der Waals surface area contributed by atoms with Gasteiger partial charge in [-0.15, -0.1) is 0 Å². The van der Waals surface area contributed by atoms with Gasteiger partial charge >= 0.3 is 11.2 Å². The maximum absolute atomic E-state index is 14.6. The van der Waals surface area contributed by atoms with Gasteiger partial charge in [0.1, 0.15) is 0 Å². The summed E-state index contributed by atoms with van der Waals surface area (Å²) in [6, 6.07) is 54.0. The van der Waals surface area contributed by atoms with Crippen LogP contribution in [0.15, 0.2) is 179 Å². The molecule has 0 bridgehead atoms. The Hall–Kier alpha value is -6.29. The van der Waals surface area contributed by atoms with Crippen molar-refractivity contribution in [3.05, 3.63) is 188 Å². The van der Waals surface area contributed by atoms with Crippen molar-refractivity contribution >= 4 is 43.0 Å². The second-order valence-electron chi connectivity index (χ2n) is 16.0. The van der Waals surface area contributed by atoms with E-state index >= 15 is 0 Å². The Labute approximate surface area is 372 Å². The van der Waals surface area contributed by atoms with Crippen molar-refractivity contribution in [2.75, 3.05) is 13.1 Å². The van der Waals surface area contributed by atoms with E-state index in [4.69, 9.17) is 4.42 Å². The van der Waals surface area contributed by atoms with Crippen LogP contribution >= 0.6 is 0 Å². The van der Waals surface area contributed by atoms with Crippen LogP contribution in [0.3, 0.4) is 0 Å². The molecule has 1 fully saturated rings. The zero-order valence-corrected chi connectivity index (χ0v) is 36.2. The summed E-state index contributed by atoms with van der Waals surface area (Å²) in [6.45, 7) is 5.32. The maximum Gasteiger partial charge on any atom is 0.362 e. The minimum absolute atomic E-state index is 0. The van der Waals surface area contributed by atoms with Gasteiger partial charge < -0.3 is 15.2 Å². The third kappa shape index (κ3) is 6.40. The zero-order chi connectivity index (χ0) is 41.2. The smallest absolute Gasteiger partial charge is 0.326 e. The average molecular weight is 873 g/mol. The zero-order valence-electron chi connectivity index (χ0n) is 34.4. The summed E-state index contributed by atoms with van der Waals surface area (Å²) in [4.78, 5) is 0.304. The van der Waals surface area contributed by atoms with Crippen molar-refractivity contribution in [1.82, 2.24) is 13.1 Å². The van der Waals surface area contributed by atoms with E-state index in [9.17, 15) is 8.42 Å². The maximum atomic E-state index is 14.6. The molecule has 5 aromatic carbocycles. The van der Waals surface area contributed by atoms with Gasteiger partial charge in [-0.2, -0.15) is 12.8 Å². The summed E-state index contributed by atoms with van der Waals surface area (Å²) in [5.41, 5.74) is 16.2. The third-order valence-corrected chi connectivity index (χ3v) is 14.5. The van der Waals surface area contributed by atoms with Crippen LogP contribution in [0.4, 0.5) is 0 Å². The Bertz CT molecular complexity index is 3260. The number of piperidine rings is 1. The topological polar surface area (TPSA) is 57.5 Å². The summed E-state index contributed by atoms with van der Waals surface area (Å²) in [7, 11) is -3.82. The SMILES string of the molecule is Cc1c(-c2ccccc2)c(-c2ccc3c(-c4ccccc4S(=O)(=O)N4CC[CH-]CC4)c4ccc(-c5c(-c6ccccc6)c(C)c6ccccn56)cc4[o+]c3c2)n2ccccc12.[Co]. The predicted molar refractivity (Wildman–Crippen MR) is 249 cm³/mol. The minimum atomic E-state index is -3.82. The second-order valence-corrected chi connectivity index (χ2v) is 17.9. The standard InChI is InChI=1S/C54H43N3O3S.Co/c1-36-45-23-12-16-32-56(45)53(50(36)38-18-6-3-7-19-38)40-26-28-42-47(34-40)60-48-35-41(54-51(39-20-8-4-9-21-39)37(2)46-24-13-17-33-57(46)54)27-29-43(48)52(42)44-22-10-11-25-49(44)61(58,59)55-30-14-5-15-31-55;/h3-13,16-29,32-35H,14-15,30-31H2,1-2H3;. The number of fused-ring (bicyclic) bond motifs is 4. The van der Waals surface area contributed by atoms with E-state index in [0.29, 0.717) is 34.7 Å². The van der Waals surface area contributed by atoms with Gasteiger partial charge in [0.05, 0.1) is 39.2 Å². The Balaban J connectivity index is 0.00000458. The number of benzene rings is 5. The van der Waals surface area contributed by atoms with Crippen LogP contribution in [0, 0.1) is 20.3 Å². The van der Waals surface area contributed by atoms with Crippen LogP contribution in [-0.4, -0.2) is 34.6 Å². The third-order valence-electron chi connectivity index (χ3n) is 12.5. The van der Waals surface area contributed by atoms with Gasteiger partial charge in [0.15, 0.2) is 0 Å². The number of aromatic nitrogens is 2. The number of hydrogen-bond donors (Lipinski definition) is 0. The molecule has 10 aromatic rings. The summed E-state index contributed by atoms with van der Waals surface area (Å²) in [6.07, 6.45) is 7.89. The molecular weight excluding hydrogens is 830 g/mol. The number of nitrogens with zero attached hydrogens (tertiary/aromatic N) is 3. The first-order valence-corrected chi connectivity index (χ1v) is 22.4. The quantitative estimate of drug-likeness (QED) is 0.0911. The number of hydrogen-bond acceptors (Lipinski definition) is 2. The summed E-state index contributed by atoms with van der Waals surface area (Å²) in [5.74, 6) is 0. The number of aryl methyl sites for hydroxylation is 2. The fourth-order valence-electron chi connectivity index (χ4n) is 9.70. The molecule has 307 valence electrons. The minimum Gasteiger partial charge on any atom is -0.326 e. The van der Waals surface area contributed by atoms with E-state index in [1.54, 1.807) is 10.4 Å². The van der Waals surface area contributed by atoms with Crippen LogP contribution in [0.5, 0.6) is 0 Å². The fourth-order valence-corrected chi connectivity index (χ4v) is 11.4. The largest absolute Gasteiger partial charge is 0.362 e. The van der Waals surface area contributed by atoms with Crippen LogP contribution in [0.1, 0.15) is 24.0 Å². The normalized spacial score (nSPS) is 13.6. The van der Waals surface area contributed by atoms with Gasteiger partial charge in [0, 0.05) is 73.6 Å². The van der Waals surface area contributed by atoms with Crippen molar-refractivity contribution in [3.8, 4) is 55.9 Å². The first-order chi connectivity index (χ1) is 29.9. The molecule has 8 heteroatoms. The fraction of sp³-hybridized carbons (Fsp3) is 0.111. The van der Waals surface area contributed by atoms with Gasteiger partial charge in [-0.25, -0.2) is 17.1 Å². The Morgan fingerprint density at radius 1 is 0.516 bits per heavy atom. The number of pyridine rings is 2. The van der Waals surface area contributed by atoms with Crippen molar-refractivity contribution in [1.29, 1.82) is 0 Å². The molecule has 0 amide bonds. The number of sulfonamides is 1. The summed E-state index contributed by atoms with van der Waals surface area (Å²) < 4.78 is 42.5. The van der Waals surface area contributed by atoms with Crippen molar-refractivity contribution < 1.29 is 29.6 Å². The predicted octanol–water partition coefficient (Wildman–Crippen LogP) is 13.3. The van der Waals surface area contributed by atoms with E-state index in [1.807, 2.05) is 30.3 Å². The van der Waals surface area contributed by atoms with Crippen LogP contribution < -0.4 is 0 Å². The van der Waals surface area contributed by atoms with Gasteiger partial charge in [-0.05, 0) is 91.7 Å². The van der Waals surface area contributed by atoms with E-state index in [2.05, 4.69) is 163 Å². The molecule has 1 radical (unpaired) electrons. The van der Waals surface area contributed by atoms with Gasteiger partial charge in [-0.3, -0.25) is 0 Å². The van der Waals surface area contributed by atoms with E-state index in [0.717, 1.165) is 85.0 Å². The second kappa shape index (κ2) is 15.9. The van der Waals surface area contributed by atoms with E-state index < -0.39 is 10.0 Å². The molecule has 0 spiro atoms. The van der Waals surface area contributed by atoms with E-state index in [-0.39, 0.29) is 16.8 Å². The molecule has 0 atom stereocenters. The molecule has 0 saturated carbocycles. The molecule has 1 aliphatic rings. The molecule has 5 aromatic heterocycles. The Kier molecular flexibility index (Phi) is 10.2. The number of rotatable bonds is 7. The summed E-state index contributed by atoms with van der Waals surface area (Å²) in [5, 5.41) is 1.68. The van der Waals surface area contributed by atoms with E-state index in [1.165, 1.54) is 11.1 Å². The first kappa shape index (κ1) is 39.8. The molecule has 6 nitrogen and oxygen atoms in total. The van der Waals surface area contributed by atoms with Gasteiger partial charge in [0.2, 0.25) is 10.0 Å². The van der Waals surface area contributed by atoms with Gasteiger partial charge in [-0.1, -0.05) is 103 Å². The Morgan fingerprint density at radius 3 is 1.50 bits per heavy atom. The van der Waals surface area contributed by atoms with Gasteiger partial charge in [0.25, 0.3) is 0 Å². The van der Waals surface area contributed by atoms with Crippen molar-refractivity contribution in [2.24, 2.45) is 0 Å². The molecule has 11 rings (SSSR count). The monoisotopic (exact) mass is 872 g/mol. The summed E-state index contributed by atoms with van der Waals surface area (Å²) >= 11 is 0. The average Bonchev–Trinajstić information content (AvgIpc) is 3.79. The molecule has 0 aliphatic carbocycles. The van der Waals surface area contributed by atoms with Crippen LogP contribution in [-0.2, 0) is 26.8 Å². The molecule has 0 N–H and O–H groups in total. The van der Waals surface area contributed by atoms with Crippen LogP contribution in [0.2, 0.25) is 0 Å². The molecule has 0 unspecified atom stereocenters. The molecule has 62 heavy (non-hydrogen) atoms. The van der Waals surface area contributed by atoms with Crippen molar-refractivity contribution in [3.63, 3.8) is 0 Å². The molecule has 1 aliphatic heterocycles.